The standard InChI is InChI=1S/C17H27N3O4/c1-19(9-10-23-2)15-6-5-14(11-18-15)12-20-8-4-7-17(20,13-24-3)16(21)22/h5-6,11H,4,7-10,12-13H2,1-3H3,(H,21,22). The molecule has 1 atom stereocenters. The summed E-state index contributed by atoms with van der Waals surface area (Å²) in [5.41, 5.74) is 0.0744. The van der Waals surface area contributed by atoms with Crippen LogP contribution < -0.4 is 4.90 Å². The molecule has 1 saturated heterocycles. The van der Waals surface area contributed by atoms with E-state index < -0.39 is 11.5 Å². The first-order valence-electron chi connectivity index (χ1n) is 8.16. The van der Waals surface area contributed by atoms with E-state index in [9.17, 15) is 9.90 Å². The Morgan fingerprint density at radius 1 is 1.42 bits per heavy atom. The van der Waals surface area contributed by atoms with Crippen LogP contribution in [0.2, 0.25) is 0 Å². The number of anilines is 1. The van der Waals surface area contributed by atoms with E-state index in [1.54, 1.807) is 14.2 Å². The molecule has 0 bridgehead atoms. The van der Waals surface area contributed by atoms with Crippen molar-refractivity contribution in [3.05, 3.63) is 23.9 Å². The average Bonchev–Trinajstić information content (AvgIpc) is 2.97. The molecule has 0 amide bonds. The van der Waals surface area contributed by atoms with Crippen LogP contribution in [0.25, 0.3) is 0 Å². The lowest BCUT2D eigenvalue weighted by molar-refractivity contribution is -0.153. The summed E-state index contributed by atoms with van der Waals surface area (Å²) in [5.74, 6) is 0.0596. The summed E-state index contributed by atoms with van der Waals surface area (Å²) in [6.07, 6.45) is 3.29. The molecule has 1 N–H and O–H groups in total. The Morgan fingerprint density at radius 2 is 2.21 bits per heavy atom. The summed E-state index contributed by atoms with van der Waals surface area (Å²) < 4.78 is 10.3. The lowest BCUT2D eigenvalue weighted by atomic mass is 9.97. The third-order valence-corrected chi connectivity index (χ3v) is 4.61. The van der Waals surface area contributed by atoms with Gasteiger partial charge in [-0.2, -0.15) is 0 Å². The fourth-order valence-electron chi connectivity index (χ4n) is 3.17. The molecule has 1 fully saturated rings. The van der Waals surface area contributed by atoms with Gasteiger partial charge in [-0.15, -0.1) is 0 Å². The van der Waals surface area contributed by atoms with E-state index in [1.807, 2.05) is 35.2 Å². The second-order valence-corrected chi connectivity index (χ2v) is 6.23. The van der Waals surface area contributed by atoms with Crippen LogP contribution >= 0.6 is 0 Å². The highest BCUT2D eigenvalue weighted by Crippen LogP contribution is 2.31. The number of pyridine rings is 1. The number of methoxy groups -OCH3 is 2. The van der Waals surface area contributed by atoms with Gasteiger partial charge in [-0.3, -0.25) is 9.69 Å². The van der Waals surface area contributed by atoms with E-state index in [4.69, 9.17) is 9.47 Å². The highest BCUT2D eigenvalue weighted by atomic mass is 16.5. The summed E-state index contributed by atoms with van der Waals surface area (Å²) >= 11 is 0. The van der Waals surface area contributed by atoms with E-state index in [0.29, 0.717) is 19.6 Å². The molecule has 1 aliphatic rings. The Balaban J connectivity index is 2.06. The molecule has 0 spiro atoms. The summed E-state index contributed by atoms with van der Waals surface area (Å²) in [6, 6.07) is 3.96. The molecule has 0 radical (unpaired) electrons. The first-order chi connectivity index (χ1) is 11.5. The van der Waals surface area contributed by atoms with Crippen LogP contribution in [0.3, 0.4) is 0 Å². The second-order valence-electron chi connectivity index (χ2n) is 6.23. The van der Waals surface area contributed by atoms with E-state index in [2.05, 4.69) is 4.98 Å². The number of carboxylic acids is 1. The molecule has 0 aliphatic carbocycles. The Bertz CT molecular complexity index is 537. The number of aromatic nitrogens is 1. The maximum Gasteiger partial charge on any atom is 0.326 e. The average molecular weight is 337 g/mol. The van der Waals surface area contributed by atoms with Crippen molar-refractivity contribution in [2.24, 2.45) is 0 Å². The highest BCUT2D eigenvalue weighted by molar-refractivity contribution is 5.79. The smallest absolute Gasteiger partial charge is 0.326 e. The van der Waals surface area contributed by atoms with Gasteiger partial charge in [-0.25, -0.2) is 4.98 Å². The fourth-order valence-corrected chi connectivity index (χ4v) is 3.17. The van der Waals surface area contributed by atoms with Crippen molar-refractivity contribution >= 4 is 11.8 Å². The molecular formula is C17H27N3O4. The van der Waals surface area contributed by atoms with E-state index in [1.165, 1.54) is 0 Å². The number of aliphatic carboxylic acids is 1. The highest BCUT2D eigenvalue weighted by Gasteiger charge is 2.47. The van der Waals surface area contributed by atoms with Crippen molar-refractivity contribution < 1.29 is 19.4 Å². The number of rotatable bonds is 9. The number of hydrogen-bond donors (Lipinski definition) is 1. The number of hydrogen-bond acceptors (Lipinski definition) is 6. The third kappa shape index (κ3) is 4.03. The molecule has 7 nitrogen and oxygen atoms in total. The lowest BCUT2D eigenvalue weighted by Gasteiger charge is -2.34. The van der Waals surface area contributed by atoms with Crippen LogP contribution in [-0.4, -0.2) is 74.1 Å². The van der Waals surface area contributed by atoms with Crippen molar-refractivity contribution in [2.45, 2.75) is 24.9 Å². The molecule has 2 heterocycles. The Kier molecular flexibility index (Phi) is 6.53. The van der Waals surface area contributed by atoms with Crippen LogP contribution in [0.1, 0.15) is 18.4 Å². The first kappa shape index (κ1) is 18.6. The number of carboxylic acid groups (broad SMARTS) is 1. The van der Waals surface area contributed by atoms with Gasteiger partial charge < -0.3 is 19.5 Å². The fraction of sp³-hybridized carbons (Fsp3) is 0.647. The van der Waals surface area contributed by atoms with E-state index in [0.717, 1.165) is 30.9 Å². The van der Waals surface area contributed by atoms with Crippen molar-refractivity contribution in [3.63, 3.8) is 0 Å². The van der Waals surface area contributed by atoms with Gasteiger partial charge in [0.2, 0.25) is 0 Å². The number of likely N-dealkylation sites (tertiary alicyclic amines) is 1. The van der Waals surface area contributed by atoms with Crippen LogP contribution in [-0.2, 0) is 20.8 Å². The van der Waals surface area contributed by atoms with Gasteiger partial charge in [-0.05, 0) is 31.0 Å². The van der Waals surface area contributed by atoms with Gasteiger partial charge in [0.1, 0.15) is 11.4 Å². The first-order valence-corrected chi connectivity index (χ1v) is 8.16. The van der Waals surface area contributed by atoms with Crippen molar-refractivity contribution in [1.29, 1.82) is 0 Å². The van der Waals surface area contributed by atoms with Crippen molar-refractivity contribution in [2.75, 3.05) is 52.5 Å². The molecule has 0 saturated carbocycles. The monoisotopic (exact) mass is 337 g/mol. The zero-order valence-electron chi connectivity index (χ0n) is 14.7. The predicted octanol–water partition coefficient (Wildman–Crippen LogP) is 1.23. The molecule has 7 heteroatoms. The van der Waals surface area contributed by atoms with Gasteiger partial charge in [0.05, 0.1) is 13.2 Å². The predicted molar refractivity (Wildman–Crippen MR) is 91.3 cm³/mol. The minimum atomic E-state index is -0.928. The maximum atomic E-state index is 11.8. The van der Waals surface area contributed by atoms with Gasteiger partial charge in [-0.1, -0.05) is 6.07 Å². The molecular weight excluding hydrogens is 310 g/mol. The molecule has 1 aromatic rings. The van der Waals surface area contributed by atoms with E-state index in [-0.39, 0.29) is 6.61 Å². The van der Waals surface area contributed by atoms with Crippen LogP contribution in [0.5, 0.6) is 0 Å². The minimum absolute atomic E-state index is 0.202. The molecule has 0 aromatic carbocycles. The number of carbonyl (C=O) groups is 1. The van der Waals surface area contributed by atoms with Gasteiger partial charge in [0.15, 0.2) is 0 Å². The molecule has 1 aliphatic heterocycles. The Morgan fingerprint density at radius 3 is 2.79 bits per heavy atom. The van der Waals surface area contributed by atoms with Crippen LogP contribution in [0.15, 0.2) is 18.3 Å². The number of nitrogens with zero attached hydrogens (tertiary/aromatic N) is 3. The maximum absolute atomic E-state index is 11.8. The van der Waals surface area contributed by atoms with Crippen molar-refractivity contribution in [1.82, 2.24) is 9.88 Å². The Hall–Kier alpha value is -1.70. The molecule has 1 aromatic heterocycles. The molecule has 1 unspecified atom stereocenters. The quantitative estimate of drug-likeness (QED) is 0.726. The van der Waals surface area contributed by atoms with Gasteiger partial charge >= 0.3 is 5.97 Å². The zero-order valence-corrected chi connectivity index (χ0v) is 14.7. The number of likely N-dealkylation sites (N-methyl/N-ethyl adjacent to an activating group) is 1. The summed E-state index contributed by atoms with van der Waals surface area (Å²) in [6.45, 7) is 2.93. The van der Waals surface area contributed by atoms with Gasteiger partial charge in [0, 0.05) is 40.6 Å². The van der Waals surface area contributed by atoms with Crippen LogP contribution in [0.4, 0.5) is 5.82 Å². The lowest BCUT2D eigenvalue weighted by Crippen LogP contribution is -2.53. The normalized spacial score (nSPS) is 21.1. The third-order valence-electron chi connectivity index (χ3n) is 4.61. The minimum Gasteiger partial charge on any atom is -0.480 e. The summed E-state index contributed by atoms with van der Waals surface area (Å²) in [4.78, 5) is 20.3. The second kappa shape index (κ2) is 8.41. The SMILES string of the molecule is COCCN(C)c1ccc(CN2CCCC2(COC)C(=O)O)cn1. The summed E-state index contributed by atoms with van der Waals surface area (Å²) in [5, 5.41) is 9.69. The zero-order chi connectivity index (χ0) is 17.6. The molecule has 24 heavy (non-hydrogen) atoms. The molecule has 2 rings (SSSR count). The largest absolute Gasteiger partial charge is 0.480 e. The number of ether oxygens (including phenoxy) is 2. The Labute approximate surface area is 143 Å². The summed E-state index contributed by atoms with van der Waals surface area (Å²) in [7, 11) is 5.19. The van der Waals surface area contributed by atoms with Crippen LogP contribution in [0, 0.1) is 0 Å². The van der Waals surface area contributed by atoms with Crippen molar-refractivity contribution in [3.8, 4) is 0 Å². The molecule has 134 valence electrons. The van der Waals surface area contributed by atoms with E-state index >= 15 is 0 Å². The van der Waals surface area contributed by atoms with Gasteiger partial charge in [0.25, 0.3) is 0 Å². The topological polar surface area (TPSA) is 75.1 Å².